The van der Waals surface area contributed by atoms with Crippen LogP contribution in [-0.2, 0) is 33.2 Å². The molecule has 0 aliphatic rings. The molecule has 0 saturated heterocycles. The highest BCUT2D eigenvalue weighted by Crippen LogP contribution is 2.51. The van der Waals surface area contributed by atoms with E-state index < -0.39 is 36.7 Å². The first-order valence-electron chi connectivity index (χ1n) is 9.09. The van der Waals surface area contributed by atoms with Gasteiger partial charge < -0.3 is 24.0 Å². The summed E-state index contributed by atoms with van der Waals surface area (Å²) in [6, 6.07) is 0. The van der Waals surface area contributed by atoms with Crippen molar-refractivity contribution in [2.24, 2.45) is 5.41 Å². The van der Waals surface area contributed by atoms with Crippen molar-refractivity contribution in [1.29, 1.82) is 0 Å². The van der Waals surface area contributed by atoms with Gasteiger partial charge in [0.05, 0.1) is 24.3 Å². The van der Waals surface area contributed by atoms with Gasteiger partial charge in [-0.3, -0.25) is 14.2 Å². The van der Waals surface area contributed by atoms with E-state index in [9.17, 15) is 18.9 Å². The lowest BCUT2D eigenvalue weighted by Gasteiger charge is -2.23. The van der Waals surface area contributed by atoms with Crippen LogP contribution in [0.3, 0.4) is 0 Å². The van der Waals surface area contributed by atoms with Gasteiger partial charge in [0.25, 0.3) is 0 Å². The van der Waals surface area contributed by atoms with Gasteiger partial charge in [0.1, 0.15) is 0 Å². The second-order valence-corrected chi connectivity index (χ2v) is 9.72. The Bertz CT molecular complexity index is 549. The third kappa shape index (κ3) is 12.1. The Labute approximate surface area is 167 Å². The van der Waals surface area contributed by atoms with E-state index in [1.54, 1.807) is 34.6 Å². The molecule has 0 spiro atoms. The number of methoxy groups -OCH3 is 1. The van der Waals surface area contributed by atoms with Gasteiger partial charge in [-0.1, -0.05) is 13.8 Å². The van der Waals surface area contributed by atoms with Crippen LogP contribution >= 0.6 is 7.60 Å². The highest BCUT2D eigenvalue weighted by atomic mass is 31.2. The van der Waals surface area contributed by atoms with Gasteiger partial charge in [0.15, 0.2) is 6.61 Å². The largest absolute Gasteiger partial charge is 0.466 e. The van der Waals surface area contributed by atoms with Gasteiger partial charge >= 0.3 is 25.5 Å². The molecule has 0 atom stereocenters. The summed E-state index contributed by atoms with van der Waals surface area (Å²) >= 11 is 0. The third-order valence-electron chi connectivity index (χ3n) is 4.43. The first-order chi connectivity index (χ1) is 12.6. The molecule has 0 saturated carbocycles. The molecule has 0 aromatic carbocycles. The summed E-state index contributed by atoms with van der Waals surface area (Å²) in [7, 11) is -2.66. The second kappa shape index (κ2) is 12.9. The minimum absolute atomic E-state index is 0.0941. The average molecular weight is 426 g/mol. The van der Waals surface area contributed by atoms with E-state index in [4.69, 9.17) is 14.5 Å². The molecular formula is C18H35O9P. The fraction of sp³-hybridized carbons (Fsp3) is 0.833. The molecule has 0 aliphatic carbocycles. The molecule has 28 heavy (non-hydrogen) atoms. The van der Waals surface area contributed by atoms with E-state index in [1.807, 2.05) is 6.92 Å². The SMILES string of the molecule is CCC(C)(C)C(=O)OCCCC(=O)OCC(=O)OC.CCC(C)(C)P(=O)(O)O. The van der Waals surface area contributed by atoms with Crippen LogP contribution in [0.1, 0.15) is 67.2 Å². The zero-order valence-corrected chi connectivity index (χ0v) is 18.8. The van der Waals surface area contributed by atoms with Gasteiger partial charge in [-0.15, -0.1) is 0 Å². The molecule has 0 bridgehead atoms. The van der Waals surface area contributed by atoms with Crippen molar-refractivity contribution in [2.45, 2.75) is 72.4 Å². The Morgan fingerprint density at radius 3 is 1.82 bits per heavy atom. The highest BCUT2D eigenvalue weighted by molar-refractivity contribution is 7.53. The predicted octanol–water partition coefficient (Wildman–Crippen LogP) is 2.81. The summed E-state index contributed by atoms with van der Waals surface area (Å²) in [5.41, 5.74) is -0.509. The van der Waals surface area contributed by atoms with Crippen LogP contribution in [0.2, 0.25) is 0 Å². The minimum Gasteiger partial charge on any atom is -0.466 e. The molecule has 10 heteroatoms. The van der Waals surface area contributed by atoms with Crippen molar-refractivity contribution in [3.8, 4) is 0 Å². The Kier molecular flexibility index (Phi) is 13.3. The summed E-state index contributed by atoms with van der Waals surface area (Å²) in [5.74, 6) is -1.40. The zero-order chi connectivity index (χ0) is 22.6. The maximum Gasteiger partial charge on any atom is 0.344 e. The lowest BCUT2D eigenvalue weighted by atomic mass is 9.91. The molecule has 0 rings (SSSR count). The number of carbonyl (C=O) groups excluding carboxylic acids is 3. The van der Waals surface area contributed by atoms with Crippen molar-refractivity contribution in [3.05, 3.63) is 0 Å². The fourth-order valence-corrected chi connectivity index (χ4v) is 1.61. The topological polar surface area (TPSA) is 136 Å². The van der Waals surface area contributed by atoms with Crippen molar-refractivity contribution in [3.63, 3.8) is 0 Å². The van der Waals surface area contributed by atoms with E-state index >= 15 is 0 Å². The Balaban J connectivity index is 0. The quantitative estimate of drug-likeness (QED) is 0.234. The van der Waals surface area contributed by atoms with Crippen LogP contribution in [0, 0.1) is 5.41 Å². The Hall–Kier alpha value is -1.44. The number of rotatable bonds is 10. The normalized spacial score (nSPS) is 11.8. The van der Waals surface area contributed by atoms with E-state index in [-0.39, 0.29) is 19.0 Å². The molecule has 2 N–H and O–H groups in total. The summed E-state index contributed by atoms with van der Waals surface area (Å²) in [5, 5.41) is -0.854. The lowest BCUT2D eigenvalue weighted by Crippen LogP contribution is -2.26. The molecule has 0 aliphatic heterocycles. The molecule has 0 heterocycles. The maximum atomic E-state index is 11.6. The van der Waals surface area contributed by atoms with E-state index in [0.717, 1.165) is 0 Å². The van der Waals surface area contributed by atoms with Crippen LogP contribution in [-0.4, -0.2) is 53.2 Å². The van der Waals surface area contributed by atoms with Crippen molar-refractivity contribution in [2.75, 3.05) is 20.3 Å². The smallest absolute Gasteiger partial charge is 0.344 e. The predicted molar refractivity (Wildman–Crippen MR) is 104 cm³/mol. The van der Waals surface area contributed by atoms with Gasteiger partial charge in [0.2, 0.25) is 0 Å². The molecule has 0 amide bonds. The highest BCUT2D eigenvalue weighted by Gasteiger charge is 2.35. The summed E-state index contributed by atoms with van der Waals surface area (Å²) in [6.07, 6.45) is 1.65. The number of esters is 3. The monoisotopic (exact) mass is 426 g/mol. The first-order valence-corrected chi connectivity index (χ1v) is 10.7. The minimum atomic E-state index is -3.87. The Morgan fingerprint density at radius 2 is 1.46 bits per heavy atom. The number of hydrogen-bond donors (Lipinski definition) is 2. The molecule has 0 fully saturated rings. The first kappa shape index (κ1) is 28.8. The van der Waals surface area contributed by atoms with Gasteiger partial charge in [-0.2, -0.15) is 0 Å². The summed E-state index contributed by atoms with van der Waals surface area (Å²) in [4.78, 5) is 50.8. The van der Waals surface area contributed by atoms with Gasteiger partial charge in [-0.05, 0) is 47.0 Å². The second-order valence-electron chi connectivity index (χ2n) is 7.42. The Morgan fingerprint density at radius 1 is 0.929 bits per heavy atom. The number of carbonyl (C=O) groups is 3. The van der Waals surface area contributed by atoms with Crippen LogP contribution < -0.4 is 0 Å². The van der Waals surface area contributed by atoms with Crippen LogP contribution in [0.15, 0.2) is 0 Å². The third-order valence-corrected chi connectivity index (χ3v) is 6.32. The molecule has 0 aromatic rings. The van der Waals surface area contributed by atoms with E-state index in [2.05, 4.69) is 9.47 Å². The van der Waals surface area contributed by atoms with E-state index in [1.165, 1.54) is 7.11 Å². The van der Waals surface area contributed by atoms with Crippen LogP contribution in [0.4, 0.5) is 0 Å². The van der Waals surface area contributed by atoms with Crippen molar-refractivity contribution < 1.29 is 42.9 Å². The number of ether oxygens (including phenoxy) is 3. The van der Waals surface area contributed by atoms with Crippen LogP contribution in [0.5, 0.6) is 0 Å². The molecular weight excluding hydrogens is 391 g/mol. The zero-order valence-electron chi connectivity index (χ0n) is 17.9. The molecule has 9 nitrogen and oxygen atoms in total. The van der Waals surface area contributed by atoms with Crippen molar-refractivity contribution in [1.82, 2.24) is 0 Å². The van der Waals surface area contributed by atoms with E-state index in [0.29, 0.717) is 19.3 Å². The standard InChI is InChI=1S/C13H22O6.C5H13O3P/c1-5-13(2,3)12(16)18-8-6-7-10(14)19-9-11(15)17-4;1-4-5(2,3)9(6,7)8/h5-9H2,1-4H3;4H2,1-3H3,(H2,6,7,8). The average Bonchev–Trinajstić information content (AvgIpc) is 2.62. The maximum absolute atomic E-state index is 11.6. The molecule has 0 unspecified atom stereocenters. The molecule has 166 valence electrons. The summed E-state index contributed by atoms with van der Waals surface area (Å²) < 4.78 is 24.6. The summed E-state index contributed by atoms with van der Waals surface area (Å²) in [6.45, 7) is 10.2. The van der Waals surface area contributed by atoms with Gasteiger partial charge in [-0.25, -0.2) is 4.79 Å². The van der Waals surface area contributed by atoms with Crippen molar-refractivity contribution >= 4 is 25.5 Å². The fourth-order valence-electron chi connectivity index (χ4n) is 1.20. The number of hydrogen-bond acceptors (Lipinski definition) is 7. The lowest BCUT2D eigenvalue weighted by molar-refractivity contribution is -0.158. The molecule has 0 aromatic heterocycles. The van der Waals surface area contributed by atoms with Crippen LogP contribution in [0.25, 0.3) is 0 Å². The molecule has 0 radical (unpaired) electrons. The van der Waals surface area contributed by atoms with Gasteiger partial charge in [0, 0.05) is 6.42 Å².